The number of rotatable bonds is 6. The van der Waals surface area contributed by atoms with Crippen molar-refractivity contribution in [2.45, 2.75) is 12.1 Å². The predicted molar refractivity (Wildman–Crippen MR) is 116 cm³/mol. The van der Waals surface area contributed by atoms with Crippen LogP contribution < -0.4 is 5.32 Å². The number of carbonyl (C=O) groups is 1. The Morgan fingerprint density at radius 1 is 1.24 bits per heavy atom. The number of benzene rings is 1. The first kappa shape index (κ1) is 19.6. The zero-order chi connectivity index (χ0) is 20.2. The molecule has 7 nitrogen and oxygen atoms in total. The fourth-order valence-electron chi connectivity index (χ4n) is 2.57. The molecule has 1 amide bonds. The number of hydrogen-bond donors (Lipinski definition) is 1. The lowest BCUT2D eigenvalue weighted by Gasteiger charge is -2.10. The largest absolute Gasteiger partial charge is 0.301 e. The number of aromatic nitrogens is 5. The Morgan fingerprint density at radius 3 is 2.76 bits per heavy atom. The van der Waals surface area contributed by atoms with Gasteiger partial charge in [-0.3, -0.25) is 14.3 Å². The first-order valence-corrected chi connectivity index (χ1v) is 10.8. The average Bonchev–Trinajstić information content (AvgIpc) is 3.34. The molecule has 0 saturated heterocycles. The maximum absolute atomic E-state index is 12.3. The van der Waals surface area contributed by atoms with E-state index < -0.39 is 0 Å². The van der Waals surface area contributed by atoms with E-state index in [1.807, 2.05) is 41.1 Å². The minimum Gasteiger partial charge on any atom is -0.301 e. The maximum Gasteiger partial charge on any atom is 0.236 e. The third-order valence-electron chi connectivity index (χ3n) is 3.84. The van der Waals surface area contributed by atoms with Gasteiger partial charge < -0.3 is 5.32 Å². The third kappa shape index (κ3) is 4.64. The van der Waals surface area contributed by atoms with Crippen LogP contribution in [-0.4, -0.2) is 36.4 Å². The zero-order valence-electron chi connectivity index (χ0n) is 15.2. The second-order valence-corrected chi connectivity index (χ2v) is 8.23. The number of aryl methyl sites for hydroxylation is 1. The Bertz CT molecular complexity index is 1130. The Morgan fingerprint density at radius 2 is 2.07 bits per heavy atom. The molecule has 0 unspecified atom stereocenters. The van der Waals surface area contributed by atoms with Crippen molar-refractivity contribution in [3.05, 3.63) is 64.9 Å². The van der Waals surface area contributed by atoms with Crippen LogP contribution in [-0.2, 0) is 4.79 Å². The second-order valence-electron chi connectivity index (χ2n) is 5.99. The molecule has 0 spiro atoms. The van der Waals surface area contributed by atoms with Gasteiger partial charge >= 0.3 is 0 Å². The van der Waals surface area contributed by atoms with Crippen LogP contribution in [0.5, 0.6) is 0 Å². The van der Waals surface area contributed by atoms with Gasteiger partial charge in [0, 0.05) is 34.0 Å². The molecule has 0 aliphatic heterocycles. The van der Waals surface area contributed by atoms with Crippen LogP contribution in [0.1, 0.15) is 5.69 Å². The van der Waals surface area contributed by atoms with Crippen LogP contribution in [0.25, 0.3) is 17.1 Å². The van der Waals surface area contributed by atoms with Crippen molar-refractivity contribution >= 4 is 45.7 Å². The van der Waals surface area contributed by atoms with E-state index >= 15 is 0 Å². The number of amides is 1. The Hall–Kier alpha value is -2.75. The van der Waals surface area contributed by atoms with E-state index in [2.05, 4.69) is 25.5 Å². The molecule has 0 bridgehead atoms. The molecule has 4 rings (SSSR count). The van der Waals surface area contributed by atoms with E-state index in [9.17, 15) is 4.79 Å². The van der Waals surface area contributed by atoms with Crippen molar-refractivity contribution in [3.8, 4) is 17.1 Å². The van der Waals surface area contributed by atoms with E-state index in [1.165, 1.54) is 23.1 Å². The van der Waals surface area contributed by atoms with Crippen LogP contribution in [0.15, 0.2) is 59.3 Å². The van der Waals surface area contributed by atoms with Gasteiger partial charge in [0.15, 0.2) is 16.1 Å². The molecule has 0 radical (unpaired) electrons. The number of hydrogen-bond acceptors (Lipinski definition) is 7. The highest BCUT2D eigenvalue weighted by Crippen LogP contribution is 2.28. The van der Waals surface area contributed by atoms with E-state index in [4.69, 9.17) is 11.6 Å². The highest BCUT2D eigenvalue weighted by atomic mass is 35.5. The van der Waals surface area contributed by atoms with Crippen molar-refractivity contribution in [1.29, 1.82) is 0 Å². The van der Waals surface area contributed by atoms with Gasteiger partial charge in [-0.15, -0.1) is 21.5 Å². The lowest BCUT2D eigenvalue weighted by atomic mass is 10.2. The van der Waals surface area contributed by atoms with Crippen LogP contribution in [0.2, 0.25) is 5.02 Å². The van der Waals surface area contributed by atoms with E-state index in [0.717, 1.165) is 16.9 Å². The summed E-state index contributed by atoms with van der Waals surface area (Å²) in [4.78, 5) is 20.7. The fraction of sp³-hybridized carbons (Fsp3) is 0.105. The maximum atomic E-state index is 12.3. The normalized spacial score (nSPS) is 10.8. The molecule has 3 aromatic heterocycles. The second kappa shape index (κ2) is 8.73. The van der Waals surface area contributed by atoms with Gasteiger partial charge in [-0.1, -0.05) is 23.4 Å². The summed E-state index contributed by atoms with van der Waals surface area (Å²) in [7, 11) is 0. The van der Waals surface area contributed by atoms with Gasteiger partial charge in [-0.2, -0.15) is 0 Å². The molecule has 146 valence electrons. The van der Waals surface area contributed by atoms with Gasteiger partial charge in [0.25, 0.3) is 0 Å². The van der Waals surface area contributed by atoms with Gasteiger partial charge in [-0.05, 0) is 43.3 Å². The van der Waals surface area contributed by atoms with Crippen LogP contribution in [0.4, 0.5) is 5.13 Å². The van der Waals surface area contributed by atoms with E-state index in [1.54, 1.807) is 24.5 Å². The summed E-state index contributed by atoms with van der Waals surface area (Å²) in [6.45, 7) is 1.88. The molecule has 29 heavy (non-hydrogen) atoms. The number of carbonyl (C=O) groups excluding carboxylic acids is 1. The standard InChI is InChI=1S/C19H15ClN6OS2/c1-12-10-28-18(22-12)23-16(27)11-29-19-25-24-17(13-3-2-8-21-9-13)26(19)15-6-4-14(20)5-7-15/h2-10H,11H2,1H3,(H,22,23,27). The van der Waals surface area contributed by atoms with Crippen molar-refractivity contribution in [3.63, 3.8) is 0 Å². The minimum atomic E-state index is -0.155. The summed E-state index contributed by atoms with van der Waals surface area (Å²) >= 11 is 8.73. The first-order valence-electron chi connectivity index (χ1n) is 8.56. The Kier molecular flexibility index (Phi) is 5.89. The summed E-state index contributed by atoms with van der Waals surface area (Å²) in [6.07, 6.45) is 3.43. The van der Waals surface area contributed by atoms with E-state index in [0.29, 0.717) is 21.1 Å². The Labute approximate surface area is 180 Å². The molecule has 0 aliphatic rings. The molecular weight excluding hydrogens is 428 g/mol. The van der Waals surface area contributed by atoms with Crippen molar-refractivity contribution in [2.24, 2.45) is 0 Å². The first-order chi connectivity index (χ1) is 14.1. The van der Waals surface area contributed by atoms with Gasteiger partial charge in [0.1, 0.15) is 0 Å². The van der Waals surface area contributed by atoms with Crippen molar-refractivity contribution < 1.29 is 4.79 Å². The topological polar surface area (TPSA) is 85.6 Å². The molecule has 0 saturated carbocycles. The number of nitrogens with zero attached hydrogens (tertiary/aromatic N) is 5. The number of thioether (sulfide) groups is 1. The number of pyridine rings is 1. The molecule has 4 aromatic rings. The quantitative estimate of drug-likeness (QED) is 0.443. The molecule has 0 aliphatic carbocycles. The fourth-order valence-corrected chi connectivity index (χ4v) is 4.15. The number of nitrogens with one attached hydrogen (secondary N) is 1. The van der Waals surface area contributed by atoms with Crippen LogP contribution in [0, 0.1) is 6.92 Å². The molecule has 10 heteroatoms. The monoisotopic (exact) mass is 442 g/mol. The molecule has 0 atom stereocenters. The molecule has 1 N–H and O–H groups in total. The lowest BCUT2D eigenvalue weighted by Crippen LogP contribution is -2.14. The number of halogens is 1. The average molecular weight is 443 g/mol. The summed E-state index contributed by atoms with van der Waals surface area (Å²) in [6, 6.07) is 11.1. The highest BCUT2D eigenvalue weighted by molar-refractivity contribution is 7.99. The minimum absolute atomic E-state index is 0.155. The van der Waals surface area contributed by atoms with Crippen LogP contribution >= 0.6 is 34.7 Å². The number of thiazole rings is 1. The molecule has 3 heterocycles. The molecule has 0 fully saturated rings. The van der Waals surface area contributed by atoms with Gasteiger partial charge in [0.2, 0.25) is 5.91 Å². The van der Waals surface area contributed by atoms with Crippen LogP contribution in [0.3, 0.4) is 0 Å². The van der Waals surface area contributed by atoms with Gasteiger partial charge in [0.05, 0.1) is 11.4 Å². The Balaban J connectivity index is 1.60. The van der Waals surface area contributed by atoms with Gasteiger partial charge in [-0.25, -0.2) is 4.98 Å². The predicted octanol–water partition coefficient (Wildman–Crippen LogP) is 4.48. The summed E-state index contributed by atoms with van der Waals surface area (Å²) in [5, 5.41) is 15.1. The summed E-state index contributed by atoms with van der Waals surface area (Å²) in [5.74, 6) is 0.661. The van der Waals surface area contributed by atoms with E-state index in [-0.39, 0.29) is 11.7 Å². The summed E-state index contributed by atoms with van der Waals surface area (Å²) in [5.41, 5.74) is 2.54. The zero-order valence-corrected chi connectivity index (χ0v) is 17.6. The lowest BCUT2D eigenvalue weighted by molar-refractivity contribution is -0.113. The highest BCUT2D eigenvalue weighted by Gasteiger charge is 2.18. The molecule has 1 aromatic carbocycles. The SMILES string of the molecule is Cc1csc(NC(=O)CSc2nnc(-c3cccnc3)n2-c2ccc(Cl)cc2)n1. The van der Waals surface area contributed by atoms with Crippen molar-refractivity contribution in [1.82, 2.24) is 24.7 Å². The molecular formula is C19H15ClN6OS2. The van der Waals surface area contributed by atoms with Crippen molar-refractivity contribution in [2.75, 3.05) is 11.1 Å². The smallest absolute Gasteiger partial charge is 0.236 e. The summed E-state index contributed by atoms with van der Waals surface area (Å²) < 4.78 is 1.89. The number of anilines is 1. The third-order valence-corrected chi connectivity index (χ3v) is 5.89.